The van der Waals surface area contributed by atoms with Crippen LogP contribution in [0.25, 0.3) is 0 Å². The van der Waals surface area contributed by atoms with E-state index in [-0.39, 0.29) is 11.8 Å². The number of nitrogens with zero attached hydrogens (tertiary/aromatic N) is 2. The standard InChI is InChI=1S/C14H22N2O4/c1-11(2)15(10-12(3)17)8-9-20-14-6-4-13(5-7-14)16(18)19/h4-7,11-12,17H,8-10H2,1-3H3. The number of nitro groups is 1. The van der Waals surface area contributed by atoms with Crippen LogP contribution in [0.3, 0.4) is 0 Å². The summed E-state index contributed by atoms with van der Waals surface area (Å²) in [6.45, 7) is 7.65. The minimum absolute atomic E-state index is 0.0512. The average Bonchev–Trinajstić information content (AvgIpc) is 2.37. The molecule has 0 saturated carbocycles. The molecule has 0 fully saturated rings. The lowest BCUT2D eigenvalue weighted by Gasteiger charge is -2.27. The maximum Gasteiger partial charge on any atom is 0.269 e. The van der Waals surface area contributed by atoms with Gasteiger partial charge in [-0.2, -0.15) is 0 Å². The molecular formula is C14H22N2O4. The van der Waals surface area contributed by atoms with Crippen LogP contribution in [-0.2, 0) is 0 Å². The van der Waals surface area contributed by atoms with Gasteiger partial charge in [0.15, 0.2) is 0 Å². The monoisotopic (exact) mass is 282 g/mol. The van der Waals surface area contributed by atoms with Gasteiger partial charge in [0.1, 0.15) is 12.4 Å². The van der Waals surface area contributed by atoms with E-state index >= 15 is 0 Å². The Bertz CT molecular complexity index is 418. The van der Waals surface area contributed by atoms with Crippen LogP contribution in [0, 0.1) is 10.1 Å². The number of ether oxygens (including phenoxy) is 1. The molecule has 1 atom stereocenters. The van der Waals surface area contributed by atoms with Gasteiger partial charge in [0.25, 0.3) is 5.69 Å². The predicted octanol–water partition coefficient (Wildman–Crippen LogP) is 2.06. The second kappa shape index (κ2) is 7.81. The normalized spacial score (nSPS) is 12.7. The smallest absolute Gasteiger partial charge is 0.269 e. The van der Waals surface area contributed by atoms with E-state index in [1.807, 2.05) is 0 Å². The van der Waals surface area contributed by atoms with Crippen LogP contribution in [0.4, 0.5) is 5.69 Å². The van der Waals surface area contributed by atoms with Crippen molar-refractivity contribution >= 4 is 5.69 Å². The number of benzene rings is 1. The molecule has 1 N–H and O–H groups in total. The summed E-state index contributed by atoms with van der Waals surface area (Å²) in [5.41, 5.74) is 0.0512. The Morgan fingerprint density at radius 1 is 1.30 bits per heavy atom. The number of rotatable bonds is 8. The van der Waals surface area contributed by atoms with E-state index in [2.05, 4.69) is 18.7 Å². The molecule has 0 saturated heterocycles. The third-order valence-electron chi connectivity index (χ3n) is 2.92. The molecule has 0 spiro atoms. The van der Waals surface area contributed by atoms with Gasteiger partial charge in [-0.05, 0) is 32.9 Å². The van der Waals surface area contributed by atoms with E-state index in [1.165, 1.54) is 12.1 Å². The minimum Gasteiger partial charge on any atom is -0.492 e. The van der Waals surface area contributed by atoms with E-state index in [1.54, 1.807) is 19.1 Å². The van der Waals surface area contributed by atoms with E-state index in [0.29, 0.717) is 31.5 Å². The maximum atomic E-state index is 10.5. The lowest BCUT2D eigenvalue weighted by Crippen LogP contribution is -2.39. The molecule has 0 aromatic heterocycles. The number of non-ortho nitro benzene ring substituents is 1. The fourth-order valence-corrected chi connectivity index (χ4v) is 1.84. The molecule has 0 aliphatic rings. The highest BCUT2D eigenvalue weighted by Gasteiger charge is 2.12. The van der Waals surface area contributed by atoms with Gasteiger partial charge in [0, 0.05) is 31.3 Å². The summed E-state index contributed by atoms with van der Waals surface area (Å²) in [5.74, 6) is 0.608. The molecule has 1 unspecified atom stereocenters. The van der Waals surface area contributed by atoms with Crippen molar-refractivity contribution in [1.82, 2.24) is 4.90 Å². The zero-order valence-corrected chi connectivity index (χ0v) is 12.2. The molecule has 1 rings (SSSR count). The van der Waals surface area contributed by atoms with E-state index < -0.39 is 4.92 Å². The molecule has 112 valence electrons. The third kappa shape index (κ3) is 5.54. The average molecular weight is 282 g/mol. The van der Waals surface area contributed by atoms with Gasteiger partial charge in [0.2, 0.25) is 0 Å². The summed E-state index contributed by atoms with van der Waals surface area (Å²) < 4.78 is 5.56. The number of nitro benzene ring substituents is 1. The van der Waals surface area contributed by atoms with E-state index in [0.717, 1.165) is 0 Å². The Morgan fingerprint density at radius 3 is 2.35 bits per heavy atom. The molecule has 0 aliphatic heterocycles. The number of hydrogen-bond donors (Lipinski definition) is 1. The van der Waals surface area contributed by atoms with Gasteiger partial charge < -0.3 is 9.84 Å². The number of aliphatic hydroxyl groups is 1. The molecule has 0 heterocycles. The topological polar surface area (TPSA) is 75.8 Å². The quantitative estimate of drug-likeness (QED) is 0.583. The summed E-state index contributed by atoms with van der Waals surface area (Å²) in [7, 11) is 0. The second-order valence-electron chi connectivity index (χ2n) is 5.04. The van der Waals surface area contributed by atoms with Crippen molar-refractivity contribution in [2.75, 3.05) is 19.7 Å². The summed E-state index contributed by atoms with van der Waals surface area (Å²) >= 11 is 0. The lowest BCUT2D eigenvalue weighted by molar-refractivity contribution is -0.384. The van der Waals surface area contributed by atoms with Crippen molar-refractivity contribution < 1.29 is 14.8 Å². The van der Waals surface area contributed by atoms with Crippen molar-refractivity contribution in [2.45, 2.75) is 32.9 Å². The van der Waals surface area contributed by atoms with Crippen molar-refractivity contribution in [3.8, 4) is 5.75 Å². The number of hydrogen-bond acceptors (Lipinski definition) is 5. The van der Waals surface area contributed by atoms with Crippen LogP contribution >= 0.6 is 0 Å². The van der Waals surface area contributed by atoms with Crippen molar-refractivity contribution in [3.63, 3.8) is 0 Å². The van der Waals surface area contributed by atoms with Crippen molar-refractivity contribution in [2.24, 2.45) is 0 Å². The Hall–Kier alpha value is -1.66. The summed E-state index contributed by atoms with van der Waals surface area (Å²) in [6.07, 6.45) is -0.378. The molecule has 6 nitrogen and oxygen atoms in total. The van der Waals surface area contributed by atoms with Crippen LogP contribution < -0.4 is 4.74 Å². The Labute approximate surface area is 119 Å². The summed E-state index contributed by atoms with van der Waals surface area (Å²) in [5, 5.41) is 20.0. The second-order valence-corrected chi connectivity index (χ2v) is 5.04. The van der Waals surface area contributed by atoms with E-state index in [9.17, 15) is 15.2 Å². The first-order valence-corrected chi connectivity index (χ1v) is 6.69. The molecule has 1 aromatic rings. The highest BCUT2D eigenvalue weighted by Crippen LogP contribution is 2.17. The Kier molecular flexibility index (Phi) is 6.41. The Morgan fingerprint density at radius 2 is 1.90 bits per heavy atom. The Balaban J connectivity index is 2.44. The highest BCUT2D eigenvalue weighted by atomic mass is 16.6. The van der Waals surface area contributed by atoms with Crippen LogP contribution in [0.15, 0.2) is 24.3 Å². The van der Waals surface area contributed by atoms with Crippen molar-refractivity contribution in [1.29, 1.82) is 0 Å². The first kappa shape index (κ1) is 16.4. The molecule has 0 aliphatic carbocycles. The molecule has 0 bridgehead atoms. The molecular weight excluding hydrogens is 260 g/mol. The van der Waals surface area contributed by atoms with Crippen LogP contribution in [0.1, 0.15) is 20.8 Å². The van der Waals surface area contributed by atoms with Gasteiger partial charge in [-0.3, -0.25) is 15.0 Å². The summed E-state index contributed by atoms with van der Waals surface area (Å²) in [6, 6.07) is 6.35. The van der Waals surface area contributed by atoms with Crippen molar-refractivity contribution in [3.05, 3.63) is 34.4 Å². The van der Waals surface area contributed by atoms with Crippen LogP contribution in [0.2, 0.25) is 0 Å². The fraction of sp³-hybridized carbons (Fsp3) is 0.571. The summed E-state index contributed by atoms with van der Waals surface area (Å²) in [4.78, 5) is 12.2. The van der Waals surface area contributed by atoms with Gasteiger partial charge in [0.05, 0.1) is 11.0 Å². The zero-order chi connectivity index (χ0) is 15.1. The highest BCUT2D eigenvalue weighted by molar-refractivity contribution is 5.35. The first-order valence-electron chi connectivity index (χ1n) is 6.69. The molecule has 0 amide bonds. The largest absolute Gasteiger partial charge is 0.492 e. The predicted molar refractivity (Wildman–Crippen MR) is 77.0 cm³/mol. The minimum atomic E-state index is -0.438. The lowest BCUT2D eigenvalue weighted by atomic mass is 10.2. The van der Waals surface area contributed by atoms with Crippen LogP contribution in [0.5, 0.6) is 5.75 Å². The third-order valence-corrected chi connectivity index (χ3v) is 2.92. The SMILES string of the molecule is CC(O)CN(CCOc1ccc([N+](=O)[O-])cc1)C(C)C. The van der Waals surface area contributed by atoms with Gasteiger partial charge in [-0.15, -0.1) is 0 Å². The fourth-order valence-electron chi connectivity index (χ4n) is 1.84. The molecule has 1 aromatic carbocycles. The molecule has 6 heteroatoms. The van der Waals surface area contributed by atoms with Gasteiger partial charge in [-0.25, -0.2) is 0 Å². The van der Waals surface area contributed by atoms with E-state index in [4.69, 9.17) is 4.74 Å². The molecule has 20 heavy (non-hydrogen) atoms. The molecule has 0 radical (unpaired) electrons. The maximum absolute atomic E-state index is 10.5. The zero-order valence-electron chi connectivity index (χ0n) is 12.2. The van der Waals surface area contributed by atoms with Gasteiger partial charge >= 0.3 is 0 Å². The number of aliphatic hydroxyl groups excluding tert-OH is 1. The first-order chi connectivity index (χ1) is 9.40. The van der Waals surface area contributed by atoms with Gasteiger partial charge in [-0.1, -0.05) is 0 Å². The van der Waals surface area contributed by atoms with Crippen LogP contribution in [-0.4, -0.2) is 46.8 Å².